The van der Waals surface area contributed by atoms with E-state index in [4.69, 9.17) is 4.42 Å². The van der Waals surface area contributed by atoms with Gasteiger partial charge in [0, 0.05) is 79.0 Å². The molecule has 0 saturated heterocycles. The number of nitrogens with zero attached hydrogens (tertiary/aromatic N) is 4. The molecule has 1 aliphatic carbocycles. The van der Waals surface area contributed by atoms with E-state index in [1.54, 1.807) is 0 Å². The Morgan fingerprint density at radius 2 is 0.545 bits per heavy atom. The Kier molecular flexibility index (Phi) is 12.7. The van der Waals surface area contributed by atoms with Gasteiger partial charge in [0.1, 0.15) is 11.2 Å². The van der Waals surface area contributed by atoms with Gasteiger partial charge in [0.15, 0.2) is 0 Å². The summed E-state index contributed by atoms with van der Waals surface area (Å²) in [5.74, 6) is 0. The van der Waals surface area contributed by atoms with Crippen LogP contribution in [0.15, 0.2) is 313 Å². The summed E-state index contributed by atoms with van der Waals surface area (Å²) in [4.78, 5) is 9.35. The molecule has 0 bridgehead atoms. The van der Waals surface area contributed by atoms with Crippen molar-refractivity contribution < 1.29 is 4.42 Å². The van der Waals surface area contributed by atoms with Gasteiger partial charge >= 0.3 is 0 Å². The van der Waals surface area contributed by atoms with Crippen LogP contribution in [0.4, 0.5) is 62.6 Å². The molecule has 5 nitrogen and oxygen atoms in total. The van der Waals surface area contributed by atoms with Gasteiger partial charge in [0.05, 0.1) is 0 Å². The summed E-state index contributed by atoms with van der Waals surface area (Å²) in [7, 11) is 0. The monoisotopic (exact) mass is 990 g/mol. The molecular weight excluding hydrogens is 937 g/mol. The van der Waals surface area contributed by atoms with E-state index in [1.165, 1.54) is 16.8 Å². The van der Waals surface area contributed by atoms with Crippen LogP contribution in [0.2, 0.25) is 0 Å². The Morgan fingerprint density at radius 3 is 0.909 bits per heavy atom. The number of benzene rings is 11. The quantitative estimate of drug-likeness (QED) is 0.108. The Labute approximate surface area is 450 Å². The number of fused-ring (bicyclic) bond motifs is 3. The van der Waals surface area contributed by atoms with E-state index in [9.17, 15) is 0 Å². The largest absolute Gasteiger partial charge is 0.456 e. The summed E-state index contributed by atoms with van der Waals surface area (Å²) in [5, 5.41) is 2.12. The zero-order valence-electron chi connectivity index (χ0n) is 42.5. The first-order valence-electron chi connectivity index (χ1n) is 26.4. The van der Waals surface area contributed by atoms with Gasteiger partial charge in [0.25, 0.3) is 0 Å². The molecule has 0 radical (unpaired) electrons. The predicted molar refractivity (Wildman–Crippen MR) is 324 cm³/mol. The van der Waals surface area contributed by atoms with E-state index in [-0.39, 0.29) is 0 Å². The molecule has 0 atom stereocenters. The highest BCUT2D eigenvalue weighted by Gasteiger charge is 2.21. The zero-order chi connectivity index (χ0) is 51.3. The van der Waals surface area contributed by atoms with E-state index in [0.717, 1.165) is 108 Å². The third-order valence-corrected chi connectivity index (χ3v) is 14.5. The molecule has 0 amide bonds. The Morgan fingerprint density at radius 1 is 0.260 bits per heavy atom. The maximum Gasteiger partial charge on any atom is 0.135 e. The van der Waals surface area contributed by atoms with Gasteiger partial charge in [-0.3, -0.25) is 0 Å². The number of hydrogen-bond acceptors (Lipinski definition) is 5. The van der Waals surface area contributed by atoms with Crippen molar-refractivity contribution in [2.24, 2.45) is 0 Å². The van der Waals surface area contributed by atoms with Gasteiger partial charge in [-0.1, -0.05) is 152 Å². The molecular formula is C72H54N4O. The minimum Gasteiger partial charge on any atom is -0.456 e. The number of anilines is 11. The second kappa shape index (κ2) is 21.0. The van der Waals surface area contributed by atoms with E-state index in [1.807, 2.05) is 0 Å². The molecule has 0 N–H and O–H groups in total. The van der Waals surface area contributed by atoms with E-state index >= 15 is 0 Å². The van der Waals surface area contributed by atoms with Crippen LogP contribution in [-0.2, 0) is 0 Å². The SMILES string of the molecule is C1=CCCC(N(c2ccc(N(c3ccccc3)c3ccc(-c4ccccc4)cc3)cc2)c2ccc3oc4ccc(N(c5ccccc5)c5ccc(-c6ccc(N(c7ccccc7)c7ccccc7)cc6)cc5)cc4c3c2)=C1. The van der Waals surface area contributed by atoms with Crippen molar-refractivity contribution in [3.8, 4) is 22.3 Å². The van der Waals surface area contributed by atoms with Crippen LogP contribution in [0, 0.1) is 0 Å². The molecule has 368 valence electrons. The molecule has 13 rings (SSSR count). The number of para-hydroxylation sites is 4. The smallest absolute Gasteiger partial charge is 0.135 e. The van der Waals surface area contributed by atoms with Crippen LogP contribution >= 0.6 is 0 Å². The highest BCUT2D eigenvalue weighted by Crippen LogP contribution is 2.44. The van der Waals surface area contributed by atoms with Crippen LogP contribution in [0.1, 0.15) is 12.8 Å². The van der Waals surface area contributed by atoms with Crippen molar-refractivity contribution in [3.05, 3.63) is 309 Å². The molecule has 0 unspecified atom stereocenters. The highest BCUT2D eigenvalue weighted by molar-refractivity contribution is 6.08. The molecule has 11 aromatic carbocycles. The summed E-state index contributed by atoms with van der Waals surface area (Å²) < 4.78 is 6.61. The maximum atomic E-state index is 6.61. The first-order valence-corrected chi connectivity index (χ1v) is 26.4. The summed E-state index contributed by atoms with van der Waals surface area (Å²) in [5.41, 5.74) is 19.6. The van der Waals surface area contributed by atoms with Gasteiger partial charge in [-0.25, -0.2) is 0 Å². The third-order valence-electron chi connectivity index (χ3n) is 14.5. The molecule has 77 heavy (non-hydrogen) atoms. The van der Waals surface area contributed by atoms with Crippen molar-refractivity contribution in [1.29, 1.82) is 0 Å². The molecule has 5 heteroatoms. The second-order valence-corrected chi connectivity index (χ2v) is 19.3. The van der Waals surface area contributed by atoms with Gasteiger partial charge in [-0.15, -0.1) is 0 Å². The van der Waals surface area contributed by atoms with Gasteiger partial charge in [-0.2, -0.15) is 0 Å². The van der Waals surface area contributed by atoms with Gasteiger partial charge < -0.3 is 24.0 Å². The fourth-order valence-corrected chi connectivity index (χ4v) is 10.7. The fourth-order valence-electron chi connectivity index (χ4n) is 10.7. The van der Waals surface area contributed by atoms with Gasteiger partial charge in [-0.05, 0) is 187 Å². The summed E-state index contributed by atoms with van der Waals surface area (Å²) in [6, 6.07) is 102. The lowest BCUT2D eigenvalue weighted by Gasteiger charge is -2.30. The fraction of sp³-hybridized carbons (Fsp3) is 0.0278. The van der Waals surface area contributed by atoms with Crippen molar-refractivity contribution in [3.63, 3.8) is 0 Å². The number of rotatable bonds is 14. The van der Waals surface area contributed by atoms with Crippen molar-refractivity contribution in [2.75, 3.05) is 19.6 Å². The number of hydrogen-bond donors (Lipinski definition) is 0. The van der Waals surface area contributed by atoms with Crippen molar-refractivity contribution >= 4 is 84.5 Å². The molecule has 0 spiro atoms. The molecule has 0 fully saturated rings. The zero-order valence-corrected chi connectivity index (χ0v) is 42.5. The Balaban J connectivity index is 0.828. The molecule has 0 saturated carbocycles. The third kappa shape index (κ3) is 9.55. The Bertz CT molecular complexity index is 3950. The summed E-state index contributed by atoms with van der Waals surface area (Å²) >= 11 is 0. The molecule has 1 heterocycles. The molecule has 1 aliphatic rings. The lowest BCUT2D eigenvalue weighted by atomic mass is 10.0. The molecule has 12 aromatic rings. The standard InChI is InChI=1S/C72H54N4O/c1-7-19-53(20-8-1)54-31-37-63(38-32-54)74(59-25-13-4-14-26-59)65-43-45-66(46-44-65)76(61-29-17-6-18-30-61)68-48-50-72-70(52-68)69-51-67(47-49-71(69)77-72)75(60-27-15-5-16-28-60)64-41-35-56(36-42-64)55-33-39-62(40-34-55)73(57-21-9-2-10-22-57)58-23-11-3-12-24-58/h1-17,19-29,31-52H,18,30H2. The van der Waals surface area contributed by atoms with E-state index in [0.29, 0.717) is 0 Å². The second-order valence-electron chi connectivity index (χ2n) is 19.3. The molecule has 0 aliphatic heterocycles. The summed E-state index contributed by atoms with van der Waals surface area (Å²) in [6.07, 6.45) is 8.58. The lowest BCUT2D eigenvalue weighted by molar-refractivity contribution is 0.669. The maximum absolute atomic E-state index is 6.61. The van der Waals surface area contributed by atoms with Crippen LogP contribution in [0.5, 0.6) is 0 Å². The number of furan rings is 1. The van der Waals surface area contributed by atoms with Crippen molar-refractivity contribution in [2.45, 2.75) is 12.8 Å². The minimum atomic E-state index is 0.847. The van der Waals surface area contributed by atoms with Crippen LogP contribution < -0.4 is 19.6 Å². The van der Waals surface area contributed by atoms with Crippen molar-refractivity contribution in [1.82, 2.24) is 0 Å². The first-order chi connectivity index (χ1) is 38.2. The van der Waals surface area contributed by atoms with Gasteiger partial charge in [0.2, 0.25) is 0 Å². The summed E-state index contributed by atoms with van der Waals surface area (Å²) in [6.45, 7) is 0. The highest BCUT2D eigenvalue weighted by atomic mass is 16.3. The average molecular weight is 991 g/mol. The van der Waals surface area contributed by atoms with Crippen LogP contribution in [-0.4, -0.2) is 0 Å². The normalized spacial score (nSPS) is 12.1. The minimum absolute atomic E-state index is 0.847. The Hall–Kier alpha value is -10.1. The average Bonchev–Trinajstić information content (AvgIpc) is 3.90. The van der Waals surface area contributed by atoms with E-state index < -0.39 is 0 Å². The predicted octanol–water partition coefficient (Wildman–Crippen LogP) is 20.7. The molecule has 1 aromatic heterocycles. The topological polar surface area (TPSA) is 26.1 Å². The van der Waals surface area contributed by atoms with E-state index in [2.05, 4.69) is 323 Å². The lowest BCUT2D eigenvalue weighted by Crippen LogP contribution is -2.17. The first kappa shape index (κ1) is 46.7. The number of allylic oxidation sites excluding steroid dienone is 4. The van der Waals surface area contributed by atoms with Crippen LogP contribution in [0.25, 0.3) is 44.2 Å². The van der Waals surface area contributed by atoms with Crippen LogP contribution in [0.3, 0.4) is 0 Å².